The van der Waals surface area contributed by atoms with Gasteiger partial charge in [0.1, 0.15) is 6.33 Å². The van der Waals surface area contributed by atoms with Crippen molar-refractivity contribution in [1.82, 2.24) is 14.8 Å². The predicted octanol–water partition coefficient (Wildman–Crippen LogP) is 4.64. The average molecular weight is 445 g/mol. The van der Waals surface area contributed by atoms with Crippen molar-refractivity contribution in [1.29, 1.82) is 0 Å². The van der Waals surface area contributed by atoms with Crippen LogP contribution < -0.4 is 5.01 Å². The summed E-state index contributed by atoms with van der Waals surface area (Å²) in [5.74, 6) is -0.609. The molecule has 1 amide bonds. The van der Waals surface area contributed by atoms with Crippen molar-refractivity contribution < 1.29 is 18.0 Å². The van der Waals surface area contributed by atoms with Gasteiger partial charge in [0, 0.05) is 6.54 Å². The van der Waals surface area contributed by atoms with E-state index in [2.05, 4.69) is 21.9 Å². The number of aromatic nitrogens is 3. The van der Waals surface area contributed by atoms with Gasteiger partial charge in [0.05, 0.1) is 23.2 Å². The third kappa shape index (κ3) is 6.05. The van der Waals surface area contributed by atoms with Crippen LogP contribution >= 0.6 is 11.8 Å². The van der Waals surface area contributed by atoms with E-state index in [1.807, 2.05) is 6.07 Å². The van der Waals surface area contributed by atoms with E-state index in [1.54, 1.807) is 34.9 Å². The highest BCUT2D eigenvalue weighted by Gasteiger charge is 2.31. The molecule has 0 saturated carbocycles. The van der Waals surface area contributed by atoms with Crippen LogP contribution in [0.25, 0.3) is 0 Å². The smallest absolute Gasteiger partial charge is 0.305 e. The van der Waals surface area contributed by atoms with Crippen molar-refractivity contribution in [3.8, 4) is 0 Å². The first-order valence-electron chi connectivity index (χ1n) is 9.09. The minimum Gasteiger partial charge on any atom is -0.305 e. The number of hydrogen-bond donors (Lipinski definition) is 0. The summed E-state index contributed by atoms with van der Waals surface area (Å²) >= 11 is 1.11. The largest absolute Gasteiger partial charge is 0.416 e. The van der Waals surface area contributed by atoms with E-state index in [0.717, 1.165) is 28.9 Å². The quantitative estimate of drug-likeness (QED) is 0.219. The van der Waals surface area contributed by atoms with Crippen molar-refractivity contribution >= 4 is 29.6 Å². The Labute approximate surface area is 181 Å². The lowest BCUT2D eigenvalue weighted by molar-refractivity contribution is -0.137. The van der Waals surface area contributed by atoms with Gasteiger partial charge >= 0.3 is 6.18 Å². The predicted molar refractivity (Wildman–Crippen MR) is 114 cm³/mol. The first kappa shape index (κ1) is 22.3. The summed E-state index contributed by atoms with van der Waals surface area (Å²) in [6.07, 6.45) is 0.0493. The standard InChI is InChI=1S/C21H18F3N5OS/c1-2-11-28-15-25-27-20(28)31-14-19(30)29(26-13-16-7-4-3-5-8-16)18-10-6-9-17(12-18)21(22,23)24/h2-10,12-13,15H,1,11,14H2/b26-13+. The number of carbonyl (C=O) groups excluding carboxylic acids is 1. The summed E-state index contributed by atoms with van der Waals surface area (Å²) in [5.41, 5.74) is -0.151. The Balaban J connectivity index is 1.86. The second-order valence-electron chi connectivity index (χ2n) is 6.25. The molecule has 0 atom stereocenters. The van der Waals surface area contributed by atoms with Crippen molar-refractivity contribution in [2.75, 3.05) is 10.8 Å². The molecule has 0 radical (unpaired) electrons. The number of carbonyl (C=O) groups is 1. The second-order valence-corrected chi connectivity index (χ2v) is 7.19. The van der Waals surface area contributed by atoms with Crippen molar-refractivity contribution in [2.24, 2.45) is 5.10 Å². The molecule has 31 heavy (non-hydrogen) atoms. The number of alkyl halides is 3. The number of allylic oxidation sites excluding steroid dienone is 1. The Kier molecular flexibility index (Phi) is 7.24. The lowest BCUT2D eigenvalue weighted by atomic mass is 10.2. The number of halogens is 3. The lowest BCUT2D eigenvalue weighted by Crippen LogP contribution is -2.28. The Bertz CT molecular complexity index is 1070. The fourth-order valence-electron chi connectivity index (χ4n) is 2.56. The number of anilines is 1. The molecule has 0 N–H and O–H groups in total. The van der Waals surface area contributed by atoms with Crippen LogP contribution in [0, 0.1) is 0 Å². The van der Waals surface area contributed by atoms with Crippen LogP contribution in [0.2, 0.25) is 0 Å². The molecule has 3 aromatic rings. The molecule has 0 spiro atoms. The third-order valence-electron chi connectivity index (χ3n) is 4.01. The molecule has 0 aliphatic heterocycles. The number of rotatable bonds is 8. The fourth-order valence-corrected chi connectivity index (χ4v) is 3.33. The molecule has 1 aromatic heterocycles. The van der Waals surface area contributed by atoms with Gasteiger partial charge in [0.2, 0.25) is 0 Å². The highest BCUT2D eigenvalue weighted by molar-refractivity contribution is 7.99. The molecule has 10 heteroatoms. The van der Waals surface area contributed by atoms with Gasteiger partial charge < -0.3 is 4.57 Å². The SMILES string of the molecule is C=CCn1cnnc1SCC(=O)N(/N=C/c1ccccc1)c1cccc(C(F)(F)F)c1. The summed E-state index contributed by atoms with van der Waals surface area (Å²) in [4.78, 5) is 12.9. The molecule has 0 bridgehead atoms. The van der Waals surface area contributed by atoms with Gasteiger partial charge in [-0.2, -0.15) is 18.3 Å². The highest BCUT2D eigenvalue weighted by Crippen LogP contribution is 2.32. The van der Waals surface area contributed by atoms with E-state index in [1.165, 1.54) is 24.7 Å². The molecule has 6 nitrogen and oxygen atoms in total. The monoisotopic (exact) mass is 445 g/mol. The fraction of sp³-hybridized carbons (Fsp3) is 0.143. The minimum atomic E-state index is -4.54. The zero-order chi connectivity index (χ0) is 22.3. The van der Waals surface area contributed by atoms with E-state index in [-0.39, 0.29) is 11.4 Å². The van der Waals surface area contributed by atoms with Crippen LogP contribution in [0.15, 0.2) is 83.8 Å². The number of benzene rings is 2. The van der Waals surface area contributed by atoms with Gasteiger partial charge in [-0.05, 0) is 23.8 Å². The number of hydrazone groups is 1. The summed E-state index contributed by atoms with van der Waals surface area (Å²) in [7, 11) is 0. The topological polar surface area (TPSA) is 63.4 Å². The number of hydrogen-bond acceptors (Lipinski definition) is 5. The Morgan fingerprint density at radius 1 is 1.19 bits per heavy atom. The van der Waals surface area contributed by atoms with E-state index in [0.29, 0.717) is 17.3 Å². The van der Waals surface area contributed by atoms with Gasteiger partial charge in [-0.3, -0.25) is 4.79 Å². The van der Waals surface area contributed by atoms with Crippen LogP contribution in [0.1, 0.15) is 11.1 Å². The van der Waals surface area contributed by atoms with Crippen molar-refractivity contribution in [2.45, 2.75) is 17.9 Å². The average Bonchev–Trinajstić information content (AvgIpc) is 3.20. The van der Waals surface area contributed by atoms with Crippen LogP contribution in [0.5, 0.6) is 0 Å². The van der Waals surface area contributed by atoms with Gasteiger partial charge in [-0.1, -0.05) is 54.2 Å². The first-order chi connectivity index (χ1) is 14.9. The number of amides is 1. The Morgan fingerprint density at radius 3 is 2.68 bits per heavy atom. The molecule has 0 fully saturated rings. The second kappa shape index (κ2) is 10.1. The van der Waals surface area contributed by atoms with Crippen LogP contribution in [0.4, 0.5) is 18.9 Å². The molecule has 3 rings (SSSR count). The molecule has 0 aliphatic carbocycles. The molecule has 0 unspecified atom stereocenters. The summed E-state index contributed by atoms with van der Waals surface area (Å²) in [6, 6.07) is 13.4. The highest BCUT2D eigenvalue weighted by atomic mass is 32.2. The molecule has 0 saturated heterocycles. The van der Waals surface area contributed by atoms with Gasteiger partial charge in [0.25, 0.3) is 5.91 Å². The third-order valence-corrected chi connectivity index (χ3v) is 4.97. The van der Waals surface area contributed by atoms with Gasteiger partial charge in [-0.15, -0.1) is 16.8 Å². The van der Waals surface area contributed by atoms with Crippen LogP contribution in [0.3, 0.4) is 0 Å². The molecule has 1 heterocycles. The maximum atomic E-state index is 13.2. The van der Waals surface area contributed by atoms with Crippen molar-refractivity contribution in [3.63, 3.8) is 0 Å². The number of thioether (sulfide) groups is 1. The molecular weight excluding hydrogens is 427 g/mol. The van der Waals surface area contributed by atoms with Crippen molar-refractivity contribution in [3.05, 3.63) is 84.7 Å². The summed E-state index contributed by atoms with van der Waals surface area (Å²) in [6.45, 7) is 4.11. The summed E-state index contributed by atoms with van der Waals surface area (Å²) in [5, 5.41) is 13.4. The van der Waals surface area contributed by atoms with Crippen LogP contribution in [-0.4, -0.2) is 32.6 Å². The summed E-state index contributed by atoms with van der Waals surface area (Å²) < 4.78 is 41.2. The molecule has 0 aliphatic rings. The maximum absolute atomic E-state index is 13.2. The molecule has 160 valence electrons. The van der Waals surface area contributed by atoms with E-state index in [4.69, 9.17) is 0 Å². The van der Waals surface area contributed by atoms with Gasteiger partial charge in [-0.25, -0.2) is 5.01 Å². The minimum absolute atomic E-state index is 0.0140. The Hall–Kier alpha value is -3.40. The Morgan fingerprint density at radius 2 is 1.97 bits per heavy atom. The zero-order valence-electron chi connectivity index (χ0n) is 16.2. The normalized spacial score (nSPS) is 11.6. The first-order valence-corrected chi connectivity index (χ1v) is 10.1. The number of nitrogens with zero attached hydrogens (tertiary/aromatic N) is 5. The maximum Gasteiger partial charge on any atom is 0.416 e. The van der Waals surface area contributed by atoms with Crippen LogP contribution in [-0.2, 0) is 17.5 Å². The van der Waals surface area contributed by atoms with E-state index < -0.39 is 17.6 Å². The molecule has 2 aromatic carbocycles. The van der Waals surface area contributed by atoms with Gasteiger partial charge in [0.15, 0.2) is 5.16 Å². The zero-order valence-corrected chi connectivity index (χ0v) is 17.1. The lowest BCUT2D eigenvalue weighted by Gasteiger charge is -2.18. The molecular formula is C21H18F3N5OS. The van der Waals surface area contributed by atoms with E-state index in [9.17, 15) is 18.0 Å². The van der Waals surface area contributed by atoms with E-state index >= 15 is 0 Å².